The van der Waals surface area contributed by atoms with Gasteiger partial charge in [-0.15, -0.1) is 22.7 Å². The highest BCUT2D eigenvalue weighted by atomic mass is 79.9. The molecule has 0 fully saturated rings. The minimum absolute atomic E-state index is 0.0378. The summed E-state index contributed by atoms with van der Waals surface area (Å²) in [6.07, 6.45) is 41.4. The van der Waals surface area contributed by atoms with Gasteiger partial charge in [-0.25, -0.2) is 0 Å². The van der Waals surface area contributed by atoms with Gasteiger partial charge in [0, 0.05) is 13.1 Å². The average molecular weight is 993 g/mol. The third-order valence-corrected chi connectivity index (χ3v) is 16.6. The Morgan fingerprint density at radius 1 is 0.417 bits per heavy atom. The Hall–Kier alpha value is -0.960. The van der Waals surface area contributed by atoms with Crippen LogP contribution in [-0.2, 0) is 9.59 Å². The molecule has 0 aromatic carbocycles. The highest BCUT2D eigenvalue weighted by Crippen LogP contribution is 2.53. The zero-order valence-electron chi connectivity index (χ0n) is 38.6. The number of rotatable bonds is 36. The summed E-state index contributed by atoms with van der Waals surface area (Å²) in [4.78, 5) is 35.9. The van der Waals surface area contributed by atoms with Gasteiger partial charge in [0.2, 0.25) is 0 Å². The van der Waals surface area contributed by atoms with Crippen LogP contribution in [0, 0.1) is 11.8 Å². The van der Waals surface area contributed by atoms with Crippen molar-refractivity contribution in [2.75, 3.05) is 22.9 Å². The average Bonchev–Trinajstić information content (AvgIpc) is 3.93. The summed E-state index contributed by atoms with van der Waals surface area (Å²) >= 11 is 10.9. The second kappa shape index (κ2) is 30.2. The molecule has 2 aromatic rings. The van der Waals surface area contributed by atoms with Crippen LogP contribution in [0.2, 0.25) is 0 Å². The number of fused-ring (bicyclic) bond motifs is 2. The number of hydrogen-bond acceptors (Lipinski definition) is 4. The molecule has 2 aromatic heterocycles. The quantitative estimate of drug-likeness (QED) is 0.0504. The molecule has 2 amide bonds. The lowest BCUT2D eigenvalue weighted by molar-refractivity contribution is -0.114. The first kappa shape index (κ1) is 51.7. The van der Waals surface area contributed by atoms with Crippen molar-refractivity contribution in [1.82, 2.24) is 0 Å². The molecule has 4 heterocycles. The van der Waals surface area contributed by atoms with E-state index >= 15 is 0 Å². The van der Waals surface area contributed by atoms with Crippen LogP contribution >= 0.6 is 54.5 Å². The Bertz CT molecular complexity index is 1440. The van der Waals surface area contributed by atoms with E-state index in [-0.39, 0.29) is 11.8 Å². The fourth-order valence-electron chi connectivity index (χ4n) is 9.68. The number of thiophene rings is 2. The molecule has 8 heteroatoms. The third kappa shape index (κ3) is 16.9. The number of hydrogen-bond donors (Lipinski definition) is 0. The van der Waals surface area contributed by atoms with Crippen molar-refractivity contribution in [1.29, 1.82) is 0 Å². The monoisotopic (exact) mass is 990 g/mol. The first-order valence-electron chi connectivity index (χ1n) is 25.3. The lowest BCUT2D eigenvalue weighted by atomic mass is 9.93. The van der Waals surface area contributed by atoms with Gasteiger partial charge in [0.1, 0.15) is 0 Å². The smallest absolute Gasteiger partial charge is 0.260 e. The van der Waals surface area contributed by atoms with E-state index in [4.69, 9.17) is 0 Å². The van der Waals surface area contributed by atoms with Crippen LogP contribution in [0.5, 0.6) is 0 Å². The molecule has 340 valence electrons. The number of carbonyl (C=O) groups excluding carboxylic acids is 2. The maximum atomic E-state index is 14.9. The van der Waals surface area contributed by atoms with Gasteiger partial charge in [0.15, 0.2) is 0 Å². The topological polar surface area (TPSA) is 40.6 Å². The van der Waals surface area contributed by atoms with Crippen LogP contribution in [0.15, 0.2) is 19.7 Å². The van der Waals surface area contributed by atoms with E-state index in [2.05, 4.69) is 81.5 Å². The Morgan fingerprint density at radius 2 is 0.667 bits per heavy atom. The Kier molecular flexibility index (Phi) is 26.0. The molecule has 2 aliphatic heterocycles. The van der Waals surface area contributed by atoms with Crippen LogP contribution in [-0.4, -0.2) is 24.9 Å². The molecule has 4 rings (SSSR count). The molecule has 0 bridgehead atoms. The van der Waals surface area contributed by atoms with Crippen LogP contribution < -0.4 is 9.80 Å². The first-order valence-corrected chi connectivity index (χ1v) is 28.5. The first-order chi connectivity index (χ1) is 29.3. The van der Waals surface area contributed by atoms with E-state index in [1.807, 2.05) is 0 Å². The van der Waals surface area contributed by atoms with Crippen molar-refractivity contribution in [2.24, 2.45) is 11.8 Å². The van der Waals surface area contributed by atoms with Gasteiger partial charge in [-0.1, -0.05) is 207 Å². The maximum Gasteiger partial charge on any atom is 0.260 e. The fraction of sp³-hybridized carbons (Fsp3) is 0.769. The number of unbranched alkanes of at least 4 members (excludes halogenated alkanes) is 24. The predicted octanol–water partition coefficient (Wildman–Crippen LogP) is 18.7. The number of nitrogens with zero attached hydrogens (tertiary/aromatic N) is 2. The highest BCUT2D eigenvalue weighted by Gasteiger charge is 2.45. The van der Waals surface area contributed by atoms with E-state index in [0.717, 1.165) is 41.8 Å². The van der Waals surface area contributed by atoms with E-state index in [0.29, 0.717) is 23.0 Å². The molecular formula is C52H84Br2N2O2S2. The molecule has 2 unspecified atom stereocenters. The summed E-state index contributed by atoms with van der Waals surface area (Å²) in [6.45, 7) is 10.6. The Balaban J connectivity index is 1.51. The molecule has 0 spiro atoms. The summed E-state index contributed by atoms with van der Waals surface area (Å²) in [5, 5.41) is 0. The number of amides is 2. The standard InChI is InChI=1S/C52H84Br2N2O2S2/c1-5-9-13-17-21-23-27-31-35-41(33-29-25-19-15-11-7-3)39-55-43-37-45(53)59-49(43)47(51(55)57)48-50-44(38-46(54)60-50)56(52(48)58)40-42(34-30-26-20-16-12-8-4)36-32-28-24-22-18-14-10-6-2/h37-38,41-42H,5-36,39-40H2,1-4H3/b48-47-. The van der Waals surface area contributed by atoms with Gasteiger partial charge in [0.05, 0.1) is 39.8 Å². The van der Waals surface area contributed by atoms with Crippen molar-refractivity contribution in [3.63, 3.8) is 0 Å². The minimum atomic E-state index is 0.0378. The van der Waals surface area contributed by atoms with Crippen LogP contribution in [0.4, 0.5) is 11.4 Å². The lowest BCUT2D eigenvalue weighted by Crippen LogP contribution is -2.34. The van der Waals surface area contributed by atoms with E-state index < -0.39 is 0 Å². The molecule has 0 aliphatic carbocycles. The van der Waals surface area contributed by atoms with Crippen LogP contribution in [0.25, 0.3) is 11.1 Å². The van der Waals surface area contributed by atoms with Crippen molar-refractivity contribution in [3.8, 4) is 0 Å². The summed E-state index contributed by atoms with van der Waals surface area (Å²) in [7, 11) is 0. The van der Waals surface area contributed by atoms with Gasteiger partial charge < -0.3 is 9.80 Å². The molecule has 0 saturated heterocycles. The van der Waals surface area contributed by atoms with Crippen molar-refractivity contribution >= 4 is 88.9 Å². The second-order valence-corrected chi connectivity index (χ2v) is 23.3. The normalized spacial score (nSPS) is 16.1. The molecule has 2 aliphatic rings. The SMILES string of the molecule is CCCCCCCCCCC(CCCCCCCC)CN1C(=O)/C(=C2\C(=O)N(CC(CCCCCCCC)CCCCCCCCCC)c3cc(Br)sc32)c2sc(Br)cc21. The van der Waals surface area contributed by atoms with Gasteiger partial charge in [0.25, 0.3) is 11.8 Å². The highest BCUT2D eigenvalue weighted by molar-refractivity contribution is 9.11. The molecular weight excluding hydrogens is 909 g/mol. The van der Waals surface area contributed by atoms with Gasteiger partial charge in [-0.05, 0) is 81.5 Å². The fourth-order valence-corrected chi connectivity index (χ4v) is 12.9. The summed E-state index contributed by atoms with van der Waals surface area (Å²) < 4.78 is 2.05. The third-order valence-electron chi connectivity index (χ3n) is 13.3. The van der Waals surface area contributed by atoms with E-state index in [1.54, 1.807) is 22.7 Å². The molecule has 0 saturated carbocycles. The van der Waals surface area contributed by atoms with Crippen molar-refractivity contribution in [2.45, 2.75) is 233 Å². The summed E-state index contributed by atoms with van der Waals surface area (Å²) in [5.74, 6) is 1.02. The van der Waals surface area contributed by atoms with Crippen molar-refractivity contribution in [3.05, 3.63) is 29.5 Å². The molecule has 0 radical (unpaired) electrons. The molecule has 60 heavy (non-hydrogen) atoms. The Morgan fingerprint density at radius 3 is 0.933 bits per heavy atom. The second-order valence-electron chi connectivity index (χ2n) is 18.5. The van der Waals surface area contributed by atoms with Gasteiger partial charge in [-0.3, -0.25) is 9.59 Å². The lowest BCUT2D eigenvalue weighted by Gasteiger charge is -2.25. The minimum Gasteiger partial charge on any atom is -0.306 e. The van der Waals surface area contributed by atoms with Crippen molar-refractivity contribution < 1.29 is 9.59 Å². The van der Waals surface area contributed by atoms with E-state index in [1.165, 1.54) is 205 Å². The maximum absolute atomic E-state index is 14.9. The largest absolute Gasteiger partial charge is 0.306 e. The number of halogens is 2. The summed E-state index contributed by atoms with van der Waals surface area (Å²) in [6, 6.07) is 4.29. The van der Waals surface area contributed by atoms with E-state index in [9.17, 15) is 9.59 Å². The van der Waals surface area contributed by atoms with Gasteiger partial charge >= 0.3 is 0 Å². The van der Waals surface area contributed by atoms with Crippen LogP contribution in [0.3, 0.4) is 0 Å². The summed E-state index contributed by atoms with van der Waals surface area (Å²) in [5.41, 5.74) is 3.29. The zero-order valence-corrected chi connectivity index (χ0v) is 43.4. The number of anilines is 2. The Labute approximate surface area is 393 Å². The molecule has 0 N–H and O–H groups in total. The zero-order chi connectivity index (χ0) is 43.0. The number of carbonyl (C=O) groups is 2. The van der Waals surface area contributed by atoms with Crippen LogP contribution in [0.1, 0.15) is 243 Å². The molecule has 2 atom stereocenters. The predicted molar refractivity (Wildman–Crippen MR) is 273 cm³/mol. The molecule has 4 nitrogen and oxygen atoms in total. The van der Waals surface area contributed by atoms with Gasteiger partial charge in [-0.2, -0.15) is 0 Å².